The first kappa shape index (κ1) is 19.7. The fourth-order valence-corrected chi connectivity index (χ4v) is 3.56. The maximum Gasteiger partial charge on any atom is 0.155 e. The molecule has 0 aliphatic carbocycles. The van der Waals surface area contributed by atoms with E-state index in [1.54, 1.807) is 24.4 Å². The second kappa shape index (κ2) is 7.00. The van der Waals surface area contributed by atoms with Crippen LogP contribution in [-0.4, -0.2) is 62.2 Å². The number of anilines is 1. The minimum absolute atomic E-state index is 0.120. The minimum Gasteiger partial charge on any atom is -0.385 e. The quantitative estimate of drug-likeness (QED) is 0.621. The zero-order valence-corrected chi connectivity index (χ0v) is 16.6. The number of nitrogens with one attached hydrogen (secondary N) is 2. The van der Waals surface area contributed by atoms with Gasteiger partial charge in [-0.15, -0.1) is 0 Å². The Morgan fingerprint density at radius 3 is 2.76 bits per heavy atom. The highest BCUT2D eigenvalue weighted by Crippen LogP contribution is 2.32. The van der Waals surface area contributed by atoms with Crippen LogP contribution in [0.1, 0.15) is 20.8 Å². The standard InChI is InChI=1S/C20H24F2N6O/c1-19(2,22)20(3,29)14-11-28(10-9-23-14)15-7-6-13(21)17(25-15)16-12-5-4-8-24-18(12)27-26-16/h4-8,14,23,29H,9-11H2,1-3H3,(H,24,26,27). The molecular formula is C20H24F2N6O. The first-order chi connectivity index (χ1) is 13.7. The average Bonchev–Trinajstić information content (AvgIpc) is 3.11. The van der Waals surface area contributed by atoms with Gasteiger partial charge < -0.3 is 15.3 Å². The van der Waals surface area contributed by atoms with Gasteiger partial charge in [-0.2, -0.15) is 5.10 Å². The molecule has 0 aromatic carbocycles. The first-order valence-corrected chi connectivity index (χ1v) is 9.54. The number of hydrogen-bond donors (Lipinski definition) is 3. The summed E-state index contributed by atoms with van der Waals surface area (Å²) in [6.45, 7) is 5.68. The number of H-pyrrole nitrogens is 1. The third-order valence-corrected chi connectivity index (χ3v) is 5.77. The lowest BCUT2D eigenvalue weighted by molar-refractivity contribution is -0.0955. The lowest BCUT2D eigenvalue weighted by Crippen LogP contribution is -2.66. The predicted octanol–water partition coefficient (Wildman–Crippen LogP) is 2.44. The highest BCUT2D eigenvalue weighted by atomic mass is 19.1. The smallest absolute Gasteiger partial charge is 0.155 e. The molecule has 29 heavy (non-hydrogen) atoms. The van der Waals surface area contributed by atoms with Crippen molar-refractivity contribution in [3.63, 3.8) is 0 Å². The molecular weight excluding hydrogens is 378 g/mol. The maximum atomic E-state index is 14.6. The van der Waals surface area contributed by atoms with Gasteiger partial charge in [-0.25, -0.2) is 18.7 Å². The van der Waals surface area contributed by atoms with Crippen LogP contribution in [0.3, 0.4) is 0 Å². The third-order valence-electron chi connectivity index (χ3n) is 5.77. The van der Waals surface area contributed by atoms with Gasteiger partial charge in [0.15, 0.2) is 11.5 Å². The lowest BCUT2D eigenvalue weighted by Gasteiger charge is -2.45. The number of pyridine rings is 2. The van der Waals surface area contributed by atoms with Crippen LogP contribution in [0.4, 0.5) is 14.6 Å². The molecule has 2 atom stereocenters. The summed E-state index contributed by atoms with van der Waals surface area (Å²) >= 11 is 0. The first-order valence-electron chi connectivity index (χ1n) is 9.54. The van der Waals surface area contributed by atoms with Crippen LogP contribution in [0.25, 0.3) is 22.4 Å². The molecule has 154 valence electrons. The van der Waals surface area contributed by atoms with Crippen molar-refractivity contribution in [2.24, 2.45) is 0 Å². The fraction of sp³-hybridized carbons (Fsp3) is 0.450. The molecule has 1 aliphatic heterocycles. The van der Waals surface area contributed by atoms with Crippen molar-refractivity contribution >= 4 is 16.9 Å². The molecule has 1 fully saturated rings. The summed E-state index contributed by atoms with van der Waals surface area (Å²) in [5.74, 6) is 0.0509. The number of fused-ring (bicyclic) bond motifs is 1. The Labute approximate surface area is 167 Å². The van der Waals surface area contributed by atoms with E-state index in [1.807, 2.05) is 4.90 Å². The molecule has 7 nitrogen and oxygen atoms in total. The Hall–Kier alpha value is -2.65. The van der Waals surface area contributed by atoms with Crippen LogP contribution in [0.15, 0.2) is 30.5 Å². The van der Waals surface area contributed by atoms with Gasteiger partial charge >= 0.3 is 0 Å². The summed E-state index contributed by atoms with van der Waals surface area (Å²) in [4.78, 5) is 10.6. The number of piperazine rings is 1. The Balaban J connectivity index is 1.67. The lowest BCUT2D eigenvalue weighted by atomic mass is 9.81. The summed E-state index contributed by atoms with van der Waals surface area (Å²) in [6, 6.07) is 5.98. The van der Waals surface area contributed by atoms with E-state index in [9.17, 15) is 13.9 Å². The van der Waals surface area contributed by atoms with Crippen LogP contribution in [0.2, 0.25) is 0 Å². The Kier molecular flexibility index (Phi) is 4.74. The molecule has 0 radical (unpaired) electrons. The maximum absolute atomic E-state index is 14.6. The van der Waals surface area contributed by atoms with Crippen LogP contribution in [0.5, 0.6) is 0 Å². The van der Waals surface area contributed by atoms with Gasteiger partial charge in [-0.1, -0.05) is 0 Å². The van der Waals surface area contributed by atoms with E-state index in [2.05, 4.69) is 25.5 Å². The zero-order chi connectivity index (χ0) is 20.8. The van der Waals surface area contributed by atoms with Crippen LogP contribution < -0.4 is 10.2 Å². The van der Waals surface area contributed by atoms with Crippen LogP contribution >= 0.6 is 0 Å². The highest BCUT2D eigenvalue weighted by Gasteiger charge is 2.47. The summed E-state index contributed by atoms with van der Waals surface area (Å²) in [6.07, 6.45) is 1.63. The fourth-order valence-electron chi connectivity index (χ4n) is 3.56. The molecule has 1 saturated heterocycles. The summed E-state index contributed by atoms with van der Waals surface area (Å²) in [7, 11) is 0. The normalized spacial score (nSPS) is 20.1. The van der Waals surface area contributed by atoms with Crippen molar-refractivity contribution in [1.82, 2.24) is 25.5 Å². The van der Waals surface area contributed by atoms with E-state index >= 15 is 0 Å². The van der Waals surface area contributed by atoms with Crippen molar-refractivity contribution in [1.29, 1.82) is 0 Å². The van der Waals surface area contributed by atoms with Gasteiger partial charge in [0.05, 0.1) is 6.04 Å². The van der Waals surface area contributed by atoms with E-state index in [0.717, 1.165) is 0 Å². The summed E-state index contributed by atoms with van der Waals surface area (Å²) in [5.41, 5.74) is -2.32. The topological polar surface area (TPSA) is 90.0 Å². The number of aliphatic hydroxyl groups is 1. The Morgan fingerprint density at radius 2 is 2.00 bits per heavy atom. The number of aromatic amines is 1. The second-order valence-corrected chi connectivity index (χ2v) is 8.04. The van der Waals surface area contributed by atoms with Crippen molar-refractivity contribution in [2.45, 2.75) is 38.1 Å². The number of alkyl halides is 1. The molecule has 0 spiro atoms. The molecule has 1 aliphatic rings. The largest absolute Gasteiger partial charge is 0.385 e. The molecule has 4 heterocycles. The molecule has 0 saturated carbocycles. The van der Waals surface area contributed by atoms with Gasteiger partial charge in [0.2, 0.25) is 0 Å². The van der Waals surface area contributed by atoms with Gasteiger partial charge in [-0.3, -0.25) is 5.10 Å². The number of aromatic nitrogens is 4. The van der Waals surface area contributed by atoms with Crippen molar-refractivity contribution in [2.75, 3.05) is 24.5 Å². The molecule has 0 bridgehead atoms. The van der Waals surface area contributed by atoms with E-state index in [4.69, 9.17) is 0 Å². The average molecular weight is 402 g/mol. The van der Waals surface area contributed by atoms with Crippen LogP contribution in [0, 0.1) is 5.82 Å². The van der Waals surface area contributed by atoms with Gasteiger partial charge in [-0.05, 0) is 45.0 Å². The van der Waals surface area contributed by atoms with E-state index in [-0.39, 0.29) is 5.69 Å². The van der Waals surface area contributed by atoms with Crippen molar-refractivity contribution in [3.8, 4) is 11.4 Å². The Morgan fingerprint density at radius 1 is 1.21 bits per heavy atom. The SMILES string of the molecule is CC(C)(F)C(C)(O)C1CN(c2ccc(F)c(-c3n[nH]c4ncccc34)n2)CCN1. The third kappa shape index (κ3) is 3.44. The van der Waals surface area contributed by atoms with Crippen LogP contribution in [-0.2, 0) is 0 Å². The van der Waals surface area contributed by atoms with Gasteiger partial charge in [0, 0.05) is 31.2 Å². The summed E-state index contributed by atoms with van der Waals surface area (Å²) < 4.78 is 29.1. The molecule has 4 rings (SSSR count). The Bertz CT molecular complexity index is 1030. The van der Waals surface area contributed by atoms with E-state index < -0.39 is 23.1 Å². The number of rotatable bonds is 4. The molecule has 3 aromatic heterocycles. The molecule has 2 unspecified atom stereocenters. The van der Waals surface area contributed by atoms with Gasteiger partial charge in [0.25, 0.3) is 0 Å². The minimum atomic E-state index is -1.80. The van der Waals surface area contributed by atoms with Crippen molar-refractivity contribution < 1.29 is 13.9 Å². The number of nitrogens with zero attached hydrogens (tertiary/aromatic N) is 4. The molecule has 0 amide bonds. The number of hydrogen-bond acceptors (Lipinski definition) is 6. The molecule has 9 heteroatoms. The van der Waals surface area contributed by atoms with E-state index in [0.29, 0.717) is 42.2 Å². The predicted molar refractivity (Wildman–Crippen MR) is 107 cm³/mol. The summed E-state index contributed by atoms with van der Waals surface area (Å²) in [5, 5.41) is 21.6. The van der Waals surface area contributed by atoms with Crippen molar-refractivity contribution in [3.05, 3.63) is 36.3 Å². The van der Waals surface area contributed by atoms with Gasteiger partial charge in [0.1, 0.15) is 28.5 Å². The highest BCUT2D eigenvalue weighted by molar-refractivity contribution is 5.89. The molecule has 3 N–H and O–H groups in total. The van der Waals surface area contributed by atoms with E-state index in [1.165, 1.54) is 26.8 Å². The monoisotopic (exact) mass is 402 g/mol. The second-order valence-electron chi connectivity index (χ2n) is 8.04. The number of halogens is 2. The zero-order valence-electron chi connectivity index (χ0n) is 16.6. The molecule has 3 aromatic rings.